The Morgan fingerprint density at radius 1 is 0.957 bits per heavy atom. The predicted molar refractivity (Wildman–Crippen MR) is 75.8 cm³/mol. The molecule has 0 heterocycles. The first-order chi connectivity index (χ1) is 10.7. The molecule has 0 bridgehead atoms. The van der Waals surface area contributed by atoms with Gasteiger partial charge in [-0.05, 0) is 35.3 Å². The van der Waals surface area contributed by atoms with Gasteiger partial charge in [0, 0.05) is 4.90 Å². The van der Waals surface area contributed by atoms with Gasteiger partial charge in [-0.25, -0.2) is 8.42 Å². The van der Waals surface area contributed by atoms with Crippen LogP contribution >= 0.6 is 0 Å². The minimum atomic E-state index is -5.34. The Labute approximate surface area is 132 Å². The molecule has 1 unspecified atom stereocenters. The maximum atomic E-state index is 13.4. The number of hydrogen-bond acceptors (Lipinski definition) is 4. The second kappa shape index (κ2) is 6.30. The van der Waals surface area contributed by atoms with Crippen molar-refractivity contribution in [3.63, 3.8) is 0 Å². The van der Waals surface area contributed by atoms with Crippen LogP contribution in [0, 0.1) is 0 Å². The first kappa shape index (κ1) is 17.4. The van der Waals surface area contributed by atoms with Gasteiger partial charge in [-0.1, -0.05) is 30.3 Å². The fraction of sp³-hybridized carbons (Fsp3) is 0.0769. The largest absolute Gasteiger partial charge is 0.768 e. The maximum absolute atomic E-state index is 13.4. The molecule has 0 aliphatic carbocycles. The summed E-state index contributed by atoms with van der Waals surface area (Å²) in [6.07, 6.45) is -5.34. The lowest BCUT2D eigenvalue weighted by Crippen LogP contribution is -2.43. The molecule has 5 nitrogen and oxygen atoms in total. The van der Waals surface area contributed by atoms with E-state index in [9.17, 15) is 30.4 Å². The van der Waals surface area contributed by atoms with Crippen LogP contribution in [-0.4, -0.2) is 23.5 Å². The lowest BCUT2D eigenvalue weighted by Gasteiger charge is -2.28. The van der Waals surface area contributed by atoms with Crippen LogP contribution in [-0.2, 0) is 21.1 Å². The summed E-state index contributed by atoms with van der Waals surface area (Å²) in [5, 5.41) is 0. The molecule has 0 N–H and O–H groups in total. The molecule has 23 heavy (non-hydrogen) atoms. The highest BCUT2D eigenvalue weighted by molar-refractivity contribution is 7.93. The van der Waals surface area contributed by atoms with Gasteiger partial charge in [-0.2, -0.15) is 4.31 Å². The number of halogens is 3. The Balaban J connectivity index is 2.73. The van der Waals surface area contributed by atoms with Gasteiger partial charge >= 0.3 is 6.30 Å². The average molecular weight is 364 g/mol. The Morgan fingerprint density at radius 2 is 1.48 bits per heavy atom. The van der Waals surface area contributed by atoms with E-state index in [1.54, 1.807) is 0 Å². The van der Waals surface area contributed by atoms with Gasteiger partial charge in [-0.15, -0.1) is 13.2 Å². The topological polar surface area (TPSA) is 77.5 Å². The van der Waals surface area contributed by atoms with Crippen LogP contribution in [0.3, 0.4) is 0 Å². The Kier molecular flexibility index (Phi) is 4.78. The minimum absolute atomic E-state index is 0.608. The van der Waals surface area contributed by atoms with Crippen molar-refractivity contribution in [1.82, 2.24) is 0 Å². The lowest BCUT2D eigenvalue weighted by atomic mass is 10.3. The normalized spacial score (nSPS) is 13.6. The van der Waals surface area contributed by atoms with Crippen LogP contribution in [0.1, 0.15) is 0 Å². The highest BCUT2D eigenvalue weighted by atomic mass is 32.2. The van der Waals surface area contributed by atoms with Gasteiger partial charge in [0.15, 0.2) is 0 Å². The third-order valence-corrected chi connectivity index (χ3v) is 5.23. The molecule has 0 aromatic heterocycles. The number of hydrogen-bond donors (Lipinski definition) is 0. The molecule has 1 atom stereocenters. The van der Waals surface area contributed by atoms with Gasteiger partial charge < -0.3 is 4.55 Å². The predicted octanol–water partition coefficient (Wildman–Crippen LogP) is 2.64. The molecule has 0 fully saturated rings. The summed E-state index contributed by atoms with van der Waals surface area (Å²) in [6, 6.07) is 9.92. The van der Waals surface area contributed by atoms with E-state index in [4.69, 9.17) is 0 Å². The van der Waals surface area contributed by atoms with E-state index in [0.717, 1.165) is 30.3 Å². The number of benzene rings is 2. The highest BCUT2D eigenvalue weighted by Crippen LogP contribution is 2.37. The number of alkyl halides is 3. The lowest BCUT2D eigenvalue weighted by molar-refractivity contribution is -0.116. The van der Waals surface area contributed by atoms with Gasteiger partial charge in [0.2, 0.25) is 0 Å². The smallest absolute Gasteiger partial charge is 0.498 e. The fourth-order valence-corrected chi connectivity index (χ4v) is 3.85. The molecule has 124 valence electrons. The van der Waals surface area contributed by atoms with Gasteiger partial charge in [0.1, 0.15) is 0 Å². The molecular weight excluding hydrogens is 355 g/mol. The van der Waals surface area contributed by atoms with Gasteiger partial charge in [0.05, 0.1) is 10.6 Å². The summed E-state index contributed by atoms with van der Waals surface area (Å²) in [4.78, 5) is -1.38. The molecule has 0 saturated carbocycles. The summed E-state index contributed by atoms with van der Waals surface area (Å²) >= 11 is -3.04. The number of nitrogens with zero attached hydrogens (tertiary/aromatic N) is 1. The monoisotopic (exact) mass is 364 g/mol. The number of para-hydroxylation sites is 1. The zero-order valence-corrected chi connectivity index (χ0v) is 12.9. The Hall–Kier alpha value is -1.91. The van der Waals surface area contributed by atoms with Crippen LogP contribution < -0.4 is 4.31 Å². The average Bonchev–Trinajstić information content (AvgIpc) is 2.47. The Bertz CT molecular complexity index is 823. The molecule has 0 spiro atoms. The minimum Gasteiger partial charge on any atom is -0.768 e. The van der Waals surface area contributed by atoms with Crippen molar-refractivity contribution in [3.05, 3.63) is 54.6 Å². The van der Waals surface area contributed by atoms with E-state index in [0.29, 0.717) is 0 Å². The summed E-state index contributed by atoms with van der Waals surface area (Å²) in [5.41, 5.74) is -0.989. The van der Waals surface area contributed by atoms with E-state index in [1.165, 1.54) is 24.3 Å². The molecular formula is C13H9F3NO4S2-. The maximum Gasteiger partial charge on any atom is 0.498 e. The third kappa shape index (κ3) is 3.54. The number of rotatable bonds is 4. The molecule has 10 heteroatoms. The van der Waals surface area contributed by atoms with E-state index < -0.39 is 47.2 Å². The van der Waals surface area contributed by atoms with Crippen LogP contribution in [0.5, 0.6) is 0 Å². The molecule has 2 aromatic carbocycles. The van der Waals surface area contributed by atoms with Gasteiger partial charge in [0.25, 0.3) is 10.0 Å². The molecule has 0 amide bonds. The van der Waals surface area contributed by atoms with Crippen molar-refractivity contribution in [3.8, 4) is 0 Å². The molecule has 2 aromatic rings. The van der Waals surface area contributed by atoms with Crippen molar-refractivity contribution in [2.45, 2.75) is 16.1 Å². The molecule has 0 aliphatic rings. The van der Waals surface area contributed by atoms with Crippen molar-refractivity contribution in [1.29, 1.82) is 0 Å². The zero-order valence-electron chi connectivity index (χ0n) is 11.2. The van der Waals surface area contributed by atoms with E-state index in [1.807, 2.05) is 0 Å². The highest BCUT2D eigenvalue weighted by Gasteiger charge is 2.47. The van der Waals surface area contributed by atoms with Crippen LogP contribution in [0.15, 0.2) is 64.4 Å². The van der Waals surface area contributed by atoms with Crippen molar-refractivity contribution < 1.29 is 30.4 Å². The first-order valence-electron chi connectivity index (χ1n) is 6.01. The number of sulfonamides is 1. The van der Waals surface area contributed by atoms with E-state index in [2.05, 4.69) is 0 Å². The molecule has 2 rings (SSSR count). The standard InChI is InChI=1S/C13H10F3NO4S2/c14-13(15,16)17(11-8-4-5-9-12(11)22(18)19)23(20,21)10-6-2-1-3-7-10/h1-9H,(H,18,19)/p-1. The van der Waals surface area contributed by atoms with Crippen LogP contribution in [0.2, 0.25) is 0 Å². The van der Waals surface area contributed by atoms with Crippen molar-refractivity contribution in [2.24, 2.45) is 0 Å². The summed E-state index contributed by atoms with van der Waals surface area (Å²) < 4.78 is 86.3. The van der Waals surface area contributed by atoms with Crippen LogP contribution in [0.25, 0.3) is 0 Å². The molecule has 0 aliphatic heterocycles. The Morgan fingerprint density at radius 3 is 2.00 bits per heavy atom. The zero-order chi connectivity index (χ0) is 17.3. The first-order valence-corrected chi connectivity index (χ1v) is 8.52. The van der Waals surface area contributed by atoms with Crippen LogP contribution in [0.4, 0.5) is 18.9 Å². The molecule has 0 saturated heterocycles. The summed E-state index contributed by atoms with van der Waals surface area (Å²) in [6.45, 7) is 0. The quantitative estimate of drug-likeness (QED) is 0.617. The van der Waals surface area contributed by atoms with Crippen molar-refractivity contribution >= 4 is 26.8 Å². The fourth-order valence-electron chi connectivity index (χ4n) is 1.87. The van der Waals surface area contributed by atoms with Crippen molar-refractivity contribution in [2.75, 3.05) is 4.31 Å². The van der Waals surface area contributed by atoms with E-state index >= 15 is 0 Å². The number of anilines is 1. The van der Waals surface area contributed by atoms with E-state index in [-0.39, 0.29) is 0 Å². The second-order valence-corrected chi connectivity index (χ2v) is 6.95. The summed E-state index contributed by atoms with van der Waals surface area (Å²) in [7, 11) is -5.03. The summed E-state index contributed by atoms with van der Waals surface area (Å²) in [5.74, 6) is 0. The molecule has 0 radical (unpaired) electrons. The van der Waals surface area contributed by atoms with Gasteiger partial charge in [-0.3, -0.25) is 4.21 Å². The second-order valence-electron chi connectivity index (χ2n) is 4.25. The SMILES string of the molecule is O=S([O-])c1ccccc1N(C(F)(F)F)S(=O)(=O)c1ccccc1. The third-order valence-electron chi connectivity index (χ3n) is 2.78.